The molecule has 2 aliphatic heterocycles. The monoisotopic (exact) mass is 370 g/mol. The van der Waals surface area contributed by atoms with Gasteiger partial charge in [0, 0.05) is 18.2 Å². The zero-order valence-corrected chi connectivity index (χ0v) is 16.4. The molecule has 5 nitrogen and oxygen atoms in total. The molecule has 1 N–H and O–H groups in total. The summed E-state index contributed by atoms with van der Waals surface area (Å²) in [7, 11) is 0. The molecule has 2 unspecified atom stereocenters. The lowest BCUT2D eigenvalue weighted by Crippen LogP contribution is -2.56. The van der Waals surface area contributed by atoms with Crippen molar-refractivity contribution in [3.63, 3.8) is 0 Å². The Hall–Kier alpha value is -2.04. The van der Waals surface area contributed by atoms with Crippen molar-refractivity contribution in [2.24, 2.45) is 0 Å². The normalized spacial score (nSPS) is 25.9. The lowest BCUT2D eigenvalue weighted by molar-refractivity contribution is -0.142. The highest BCUT2D eigenvalue weighted by Crippen LogP contribution is 2.36. The van der Waals surface area contributed by atoms with Gasteiger partial charge in [-0.25, -0.2) is 0 Å². The third-order valence-corrected chi connectivity index (χ3v) is 6.53. The summed E-state index contributed by atoms with van der Waals surface area (Å²) in [6, 6.07) is 4.05. The predicted octanol–water partition coefficient (Wildman–Crippen LogP) is 3.22. The third kappa shape index (κ3) is 3.56. The van der Waals surface area contributed by atoms with Crippen LogP contribution in [0.5, 0.6) is 5.75 Å². The Balaban J connectivity index is 1.44. The van der Waals surface area contributed by atoms with Crippen LogP contribution in [0.3, 0.4) is 0 Å². The number of aryl methyl sites for hydroxylation is 2. The quantitative estimate of drug-likeness (QED) is 0.889. The molecule has 0 spiro atoms. The van der Waals surface area contributed by atoms with Crippen molar-refractivity contribution >= 4 is 11.8 Å². The van der Waals surface area contributed by atoms with Gasteiger partial charge in [0.1, 0.15) is 24.3 Å². The topological polar surface area (TPSA) is 58.6 Å². The smallest absolute Gasteiger partial charge is 0.245 e. The molecule has 2 fully saturated rings. The molecule has 0 aromatic heterocycles. The maximum Gasteiger partial charge on any atom is 0.245 e. The van der Waals surface area contributed by atoms with Crippen molar-refractivity contribution in [1.29, 1.82) is 0 Å². The number of amides is 2. The minimum absolute atomic E-state index is 0.0825. The SMILES string of the molecule is Cc1cc2c(cc1C)C(C(=O)NC1CCCN(C3CCCCC3)C1=O)CO2. The standard InChI is InChI=1S/C22H30N2O3/c1-14-11-17-18(13-27-20(17)12-15(14)2)21(25)23-19-9-6-10-24(22(19)26)16-7-4-3-5-8-16/h11-12,16,18-19H,3-10,13H2,1-2H3,(H,23,25). The van der Waals surface area contributed by atoms with Gasteiger partial charge in [-0.1, -0.05) is 25.3 Å². The first-order valence-electron chi connectivity index (χ1n) is 10.4. The largest absolute Gasteiger partial charge is 0.492 e. The average Bonchev–Trinajstić information content (AvgIpc) is 3.07. The molecule has 146 valence electrons. The Kier molecular flexibility index (Phi) is 5.11. The molecule has 2 heterocycles. The molecule has 2 atom stereocenters. The maximum absolute atomic E-state index is 13.0. The van der Waals surface area contributed by atoms with Crippen LogP contribution in [0.1, 0.15) is 67.6 Å². The minimum atomic E-state index is -0.385. The van der Waals surface area contributed by atoms with Gasteiger partial charge in [-0.05, 0) is 56.7 Å². The van der Waals surface area contributed by atoms with Crippen LogP contribution in [0.25, 0.3) is 0 Å². The molecule has 4 rings (SSSR count). The molecule has 5 heteroatoms. The number of hydrogen-bond acceptors (Lipinski definition) is 3. The Labute approximate surface area is 161 Å². The van der Waals surface area contributed by atoms with E-state index in [1.807, 2.05) is 17.9 Å². The number of likely N-dealkylation sites (tertiary alicyclic amines) is 1. The summed E-state index contributed by atoms with van der Waals surface area (Å²) in [5, 5.41) is 3.04. The number of hydrogen-bond donors (Lipinski definition) is 1. The van der Waals surface area contributed by atoms with Gasteiger partial charge >= 0.3 is 0 Å². The number of carbonyl (C=O) groups is 2. The second-order valence-electron chi connectivity index (χ2n) is 8.36. The molecule has 0 bridgehead atoms. The predicted molar refractivity (Wildman–Crippen MR) is 104 cm³/mol. The summed E-state index contributed by atoms with van der Waals surface area (Å²) in [6.45, 7) is 5.30. The van der Waals surface area contributed by atoms with Crippen molar-refractivity contribution in [2.45, 2.75) is 76.8 Å². The number of nitrogens with one attached hydrogen (secondary N) is 1. The molecule has 1 aromatic rings. The van der Waals surface area contributed by atoms with Crippen molar-refractivity contribution in [2.75, 3.05) is 13.2 Å². The molecule has 0 radical (unpaired) electrons. The van der Waals surface area contributed by atoms with Gasteiger partial charge in [-0.3, -0.25) is 9.59 Å². The molecule has 1 saturated heterocycles. The first kappa shape index (κ1) is 18.3. The Morgan fingerprint density at radius 2 is 1.81 bits per heavy atom. The highest BCUT2D eigenvalue weighted by atomic mass is 16.5. The summed E-state index contributed by atoms with van der Waals surface area (Å²) in [4.78, 5) is 28.0. The van der Waals surface area contributed by atoms with Crippen molar-refractivity contribution < 1.29 is 14.3 Å². The van der Waals surface area contributed by atoms with Gasteiger partial charge in [0.05, 0.1) is 0 Å². The van der Waals surface area contributed by atoms with E-state index in [2.05, 4.69) is 18.3 Å². The lowest BCUT2D eigenvalue weighted by atomic mass is 9.91. The molecule has 27 heavy (non-hydrogen) atoms. The maximum atomic E-state index is 13.0. The molecule has 1 aromatic carbocycles. The number of nitrogens with zero attached hydrogens (tertiary/aromatic N) is 1. The summed E-state index contributed by atoms with van der Waals surface area (Å²) >= 11 is 0. The van der Waals surface area contributed by atoms with E-state index in [1.165, 1.54) is 24.8 Å². The lowest BCUT2D eigenvalue weighted by Gasteiger charge is -2.40. The molecule has 3 aliphatic rings. The fourth-order valence-corrected chi connectivity index (χ4v) is 4.75. The highest BCUT2D eigenvalue weighted by Gasteiger charge is 2.37. The molecular weight excluding hydrogens is 340 g/mol. The van der Waals surface area contributed by atoms with Gasteiger partial charge < -0.3 is 15.0 Å². The number of fused-ring (bicyclic) bond motifs is 1. The number of rotatable bonds is 3. The van der Waals surface area contributed by atoms with Crippen molar-refractivity contribution in [3.8, 4) is 5.75 Å². The van der Waals surface area contributed by atoms with Gasteiger partial charge in [0.15, 0.2) is 0 Å². The molecule has 1 aliphatic carbocycles. The van der Waals surface area contributed by atoms with E-state index in [4.69, 9.17) is 4.74 Å². The number of piperidine rings is 1. The molecule has 2 amide bonds. The highest BCUT2D eigenvalue weighted by molar-refractivity contribution is 5.92. The fourth-order valence-electron chi connectivity index (χ4n) is 4.75. The summed E-state index contributed by atoms with van der Waals surface area (Å²) < 4.78 is 5.74. The van der Waals surface area contributed by atoms with Crippen LogP contribution in [-0.2, 0) is 9.59 Å². The van der Waals surface area contributed by atoms with E-state index in [9.17, 15) is 9.59 Å². The second kappa shape index (κ2) is 7.53. The second-order valence-corrected chi connectivity index (χ2v) is 8.36. The average molecular weight is 370 g/mol. The minimum Gasteiger partial charge on any atom is -0.492 e. The van der Waals surface area contributed by atoms with E-state index in [-0.39, 0.29) is 23.8 Å². The zero-order valence-electron chi connectivity index (χ0n) is 16.4. The van der Waals surface area contributed by atoms with Gasteiger partial charge in [0.2, 0.25) is 11.8 Å². The van der Waals surface area contributed by atoms with E-state index in [0.29, 0.717) is 12.6 Å². The van der Waals surface area contributed by atoms with Crippen LogP contribution >= 0.6 is 0 Å². The van der Waals surface area contributed by atoms with Crippen LogP contribution < -0.4 is 10.1 Å². The summed E-state index contributed by atoms with van der Waals surface area (Å²) in [5.41, 5.74) is 3.28. The number of carbonyl (C=O) groups excluding carboxylic acids is 2. The number of benzene rings is 1. The van der Waals surface area contributed by atoms with Gasteiger partial charge in [-0.15, -0.1) is 0 Å². The molecular formula is C22H30N2O3. The zero-order chi connectivity index (χ0) is 19.0. The van der Waals surface area contributed by atoms with Crippen LogP contribution in [-0.4, -0.2) is 41.9 Å². The summed E-state index contributed by atoms with van der Waals surface area (Å²) in [6.07, 6.45) is 7.60. The van der Waals surface area contributed by atoms with Crippen LogP contribution in [0.4, 0.5) is 0 Å². The van der Waals surface area contributed by atoms with E-state index >= 15 is 0 Å². The Morgan fingerprint density at radius 3 is 2.59 bits per heavy atom. The van der Waals surface area contributed by atoms with Crippen LogP contribution in [0, 0.1) is 13.8 Å². The number of ether oxygens (including phenoxy) is 1. The molecule has 1 saturated carbocycles. The Bertz CT molecular complexity index is 739. The van der Waals surface area contributed by atoms with Gasteiger partial charge in [-0.2, -0.15) is 0 Å². The van der Waals surface area contributed by atoms with Gasteiger partial charge in [0.25, 0.3) is 0 Å². The Morgan fingerprint density at radius 1 is 1.07 bits per heavy atom. The van der Waals surface area contributed by atoms with E-state index < -0.39 is 0 Å². The van der Waals surface area contributed by atoms with Crippen molar-refractivity contribution in [3.05, 3.63) is 28.8 Å². The summed E-state index contributed by atoms with van der Waals surface area (Å²) in [5.74, 6) is 0.510. The van der Waals surface area contributed by atoms with E-state index in [0.717, 1.165) is 49.1 Å². The third-order valence-electron chi connectivity index (χ3n) is 6.53. The van der Waals surface area contributed by atoms with Crippen molar-refractivity contribution in [1.82, 2.24) is 10.2 Å². The van der Waals surface area contributed by atoms with Crippen LogP contribution in [0.15, 0.2) is 12.1 Å². The first-order valence-corrected chi connectivity index (χ1v) is 10.4. The van der Waals surface area contributed by atoms with E-state index in [1.54, 1.807) is 0 Å². The first-order chi connectivity index (χ1) is 13.0. The fraction of sp³-hybridized carbons (Fsp3) is 0.636. The van der Waals surface area contributed by atoms with Crippen LogP contribution in [0.2, 0.25) is 0 Å².